The van der Waals surface area contributed by atoms with E-state index in [4.69, 9.17) is 4.74 Å². The summed E-state index contributed by atoms with van der Waals surface area (Å²) in [7, 11) is -3.22. The van der Waals surface area contributed by atoms with E-state index in [9.17, 15) is 13.5 Å². The van der Waals surface area contributed by atoms with Gasteiger partial charge in [0.05, 0.1) is 17.6 Å². The number of hydrogen-bond donors (Lipinski definition) is 2. The van der Waals surface area contributed by atoms with E-state index in [-0.39, 0.29) is 10.9 Å². The second-order valence-electron chi connectivity index (χ2n) is 5.99. The molecule has 0 spiro atoms. The van der Waals surface area contributed by atoms with E-state index in [1.807, 2.05) is 24.3 Å². The quantitative estimate of drug-likeness (QED) is 0.867. The number of para-hydroxylation sites is 1. The largest absolute Gasteiger partial charge is 0.493 e. The van der Waals surface area contributed by atoms with E-state index in [0.717, 1.165) is 17.7 Å². The second kappa shape index (κ2) is 6.93. The molecule has 24 heavy (non-hydrogen) atoms. The van der Waals surface area contributed by atoms with Crippen molar-refractivity contribution >= 4 is 9.84 Å². The summed E-state index contributed by atoms with van der Waals surface area (Å²) in [4.78, 5) is 0.254. The van der Waals surface area contributed by atoms with Gasteiger partial charge in [-0.05, 0) is 23.8 Å². The van der Waals surface area contributed by atoms with E-state index in [0.29, 0.717) is 18.7 Å². The van der Waals surface area contributed by atoms with Crippen LogP contribution in [0.25, 0.3) is 0 Å². The first-order valence-electron chi connectivity index (χ1n) is 7.88. The van der Waals surface area contributed by atoms with Gasteiger partial charge in [-0.15, -0.1) is 0 Å². The van der Waals surface area contributed by atoms with Crippen molar-refractivity contribution in [2.24, 2.45) is 0 Å². The maximum Gasteiger partial charge on any atom is 0.175 e. The van der Waals surface area contributed by atoms with Gasteiger partial charge in [0, 0.05) is 30.8 Å². The Morgan fingerprint density at radius 1 is 1.21 bits per heavy atom. The summed E-state index contributed by atoms with van der Waals surface area (Å²) in [5.41, 5.74) is 1.79. The minimum absolute atomic E-state index is 0.139. The molecule has 2 N–H and O–H groups in total. The summed E-state index contributed by atoms with van der Waals surface area (Å²) >= 11 is 0. The molecule has 0 saturated heterocycles. The predicted molar refractivity (Wildman–Crippen MR) is 91.8 cm³/mol. The minimum Gasteiger partial charge on any atom is -0.493 e. The van der Waals surface area contributed by atoms with Crippen LogP contribution in [0.15, 0.2) is 53.4 Å². The molecule has 0 fully saturated rings. The van der Waals surface area contributed by atoms with Crippen LogP contribution in [-0.4, -0.2) is 32.9 Å². The van der Waals surface area contributed by atoms with Gasteiger partial charge in [0.25, 0.3) is 0 Å². The normalized spacial score (nSPS) is 18.5. The lowest BCUT2D eigenvalue weighted by atomic mass is 10.00. The molecule has 1 aliphatic rings. The number of benzene rings is 2. The molecule has 1 aliphatic heterocycles. The van der Waals surface area contributed by atoms with Crippen LogP contribution in [0.2, 0.25) is 0 Å². The van der Waals surface area contributed by atoms with Crippen LogP contribution < -0.4 is 10.1 Å². The molecule has 0 aromatic heterocycles. The third-order valence-corrected chi connectivity index (χ3v) is 5.34. The Morgan fingerprint density at radius 2 is 1.92 bits per heavy atom. The van der Waals surface area contributed by atoms with Gasteiger partial charge in [-0.25, -0.2) is 8.42 Å². The van der Waals surface area contributed by atoms with Crippen LogP contribution in [-0.2, 0) is 9.84 Å². The highest BCUT2D eigenvalue weighted by Crippen LogP contribution is 2.31. The fourth-order valence-corrected chi connectivity index (χ4v) is 3.49. The van der Waals surface area contributed by atoms with Gasteiger partial charge in [0.1, 0.15) is 5.75 Å². The third kappa shape index (κ3) is 3.77. The maximum absolute atomic E-state index is 11.5. The van der Waals surface area contributed by atoms with Crippen molar-refractivity contribution in [3.05, 3.63) is 59.7 Å². The SMILES string of the molecule is CS(=O)(=O)c1ccc([C@@H](O)CN[C@@H]2CCOc3ccccc32)cc1. The van der Waals surface area contributed by atoms with Crippen molar-refractivity contribution in [2.45, 2.75) is 23.5 Å². The van der Waals surface area contributed by atoms with Crippen molar-refractivity contribution in [2.75, 3.05) is 19.4 Å². The van der Waals surface area contributed by atoms with Gasteiger partial charge < -0.3 is 15.2 Å². The van der Waals surface area contributed by atoms with Crippen molar-refractivity contribution in [3.63, 3.8) is 0 Å². The molecular formula is C18H21NO4S. The Kier molecular flexibility index (Phi) is 4.89. The smallest absolute Gasteiger partial charge is 0.175 e. The van der Waals surface area contributed by atoms with Gasteiger partial charge in [-0.2, -0.15) is 0 Å². The first kappa shape index (κ1) is 17.0. The zero-order valence-corrected chi connectivity index (χ0v) is 14.3. The number of sulfone groups is 1. The minimum atomic E-state index is -3.22. The zero-order valence-electron chi connectivity index (χ0n) is 13.5. The number of aliphatic hydroxyl groups excluding tert-OH is 1. The molecular weight excluding hydrogens is 326 g/mol. The highest BCUT2D eigenvalue weighted by molar-refractivity contribution is 7.90. The number of hydrogen-bond acceptors (Lipinski definition) is 5. The van der Waals surface area contributed by atoms with Crippen LogP contribution in [0.1, 0.15) is 29.7 Å². The summed E-state index contributed by atoms with van der Waals surface area (Å²) in [5, 5.41) is 13.7. The van der Waals surface area contributed by atoms with Gasteiger partial charge in [0.2, 0.25) is 0 Å². The summed E-state index contributed by atoms with van der Waals surface area (Å²) in [6.07, 6.45) is 1.31. The highest BCUT2D eigenvalue weighted by Gasteiger charge is 2.21. The Hall–Kier alpha value is -1.89. The first-order valence-corrected chi connectivity index (χ1v) is 9.77. The zero-order chi connectivity index (χ0) is 17.2. The van der Waals surface area contributed by atoms with Crippen LogP contribution in [0.4, 0.5) is 0 Å². The molecule has 128 valence electrons. The number of nitrogens with one attached hydrogen (secondary N) is 1. The molecule has 1 heterocycles. The molecule has 0 amide bonds. The topological polar surface area (TPSA) is 75.6 Å². The molecule has 0 bridgehead atoms. The van der Waals surface area contributed by atoms with E-state index in [2.05, 4.69) is 5.32 Å². The van der Waals surface area contributed by atoms with E-state index in [1.54, 1.807) is 12.1 Å². The van der Waals surface area contributed by atoms with Gasteiger partial charge in [0.15, 0.2) is 9.84 Å². The lowest BCUT2D eigenvalue weighted by Gasteiger charge is -2.27. The Labute approximate surface area is 142 Å². The maximum atomic E-state index is 11.5. The number of fused-ring (bicyclic) bond motifs is 1. The highest BCUT2D eigenvalue weighted by atomic mass is 32.2. The Balaban J connectivity index is 1.65. The van der Waals surface area contributed by atoms with Crippen LogP contribution in [0.5, 0.6) is 5.75 Å². The third-order valence-electron chi connectivity index (χ3n) is 4.21. The van der Waals surface area contributed by atoms with Crippen molar-refractivity contribution in [1.29, 1.82) is 0 Å². The molecule has 0 aliphatic carbocycles. The molecule has 2 aromatic rings. The molecule has 2 aromatic carbocycles. The van der Waals surface area contributed by atoms with Crippen molar-refractivity contribution in [3.8, 4) is 5.75 Å². The first-order chi connectivity index (χ1) is 11.4. The van der Waals surface area contributed by atoms with Crippen molar-refractivity contribution in [1.82, 2.24) is 5.32 Å². The second-order valence-corrected chi connectivity index (χ2v) is 8.01. The molecule has 0 radical (unpaired) electrons. The summed E-state index contributed by atoms with van der Waals surface area (Å²) < 4.78 is 28.6. The van der Waals surface area contributed by atoms with Crippen LogP contribution >= 0.6 is 0 Å². The van der Waals surface area contributed by atoms with Gasteiger partial charge >= 0.3 is 0 Å². The predicted octanol–water partition coefficient (Wildman–Crippen LogP) is 2.24. The van der Waals surface area contributed by atoms with Gasteiger partial charge in [-0.3, -0.25) is 0 Å². The Bertz CT molecular complexity index is 802. The number of aliphatic hydroxyl groups is 1. The molecule has 5 nitrogen and oxygen atoms in total. The standard InChI is InChI=1S/C18H21NO4S/c1-24(21,22)14-8-6-13(7-9-14)17(20)12-19-16-10-11-23-18-5-3-2-4-15(16)18/h2-9,16-17,19-20H,10-12H2,1H3/t16-,17+/m1/s1. The lowest BCUT2D eigenvalue weighted by molar-refractivity contribution is 0.162. The fraction of sp³-hybridized carbons (Fsp3) is 0.333. The molecule has 2 atom stereocenters. The van der Waals surface area contributed by atoms with Crippen molar-refractivity contribution < 1.29 is 18.3 Å². The molecule has 0 unspecified atom stereocenters. The molecule has 0 saturated carbocycles. The number of ether oxygens (including phenoxy) is 1. The van der Waals surface area contributed by atoms with E-state index < -0.39 is 15.9 Å². The van der Waals surface area contributed by atoms with Gasteiger partial charge in [-0.1, -0.05) is 30.3 Å². The average Bonchev–Trinajstić information content (AvgIpc) is 2.59. The average molecular weight is 347 g/mol. The van der Waals surface area contributed by atoms with Crippen LogP contribution in [0.3, 0.4) is 0 Å². The Morgan fingerprint density at radius 3 is 2.62 bits per heavy atom. The fourth-order valence-electron chi connectivity index (χ4n) is 2.86. The molecule has 6 heteroatoms. The summed E-state index contributed by atoms with van der Waals surface area (Å²) in [6, 6.07) is 14.4. The molecule has 3 rings (SSSR count). The van der Waals surface area contributed by atoms with E-state index in [1.165, 1.54) is 18.4 Å². The lowest BCUT2D eigenvalue weighted by Crippen LogP contribution is -2.30. The van der Waals surface area contributed by atoms with E-state index >= 15 is 0 Å². The number of rotatable bonds is 5. The van der Waals surface area contributed by atoms with Crippen LogP contribution in [0, 0.1) is 0 Å². The summed E-state index contributed by atoms with van der Waals surface area (Å²) in [6.45, 7) is 1.03. The monoisotopic (exact) mass is 347 g/mol. The summed E-state index contributed by atoms with van der Waals surface area (Å²) in [5.74, 6) is 0.883.